The third-order valence-corrected chi connectivity index (χ3v) is 3.98. The van der Waals surface area contributed by atoms with Gasteiger partial charge in [-0.1, -0.05) is 48.0 Å². The molecule has 2 aromatic rings. The standard InChI is InChI=1S/C13H9Cl2N3OS/c1-2-20-13-17-11(8(6-16)12(19)18-13)7-3-4-9(14)10(15)5-7/h3-5H,2H2,1H3,(H,17,18,19). The number of benzene rings is 1. The fourth-order valence-corrected chi connectivity index (χ4v) is 2.51. The lowest BCUT2D eigenvalue weighted by molar-refractivity contribution is 0.935. The molecule has 0 aliphatic rings. The number of rotatable bonds is 3. The van der Waals surface area contributed by atoms with Crippen LogP contribution < -0.4 is 5.56 Å². The molecule has 0 radical (unpaired) electrons. The van der Waals surface area contributed by atoms with E-state index in [4.69, 9.17) is 28.5 Å². The molecule has 1 aromatic heterocycles. The average molecular weight is 326 g/mol. The van der Waals surface area contributed by atoms with Crippen molar-refractivity contribution in [3.05, 3.63) is 44.2 Å². The van der Waals surface area contributed by atoms with E-state index in [0.29, 0.717) is 26.5 Å². The Labute approximate surface area is 129 Å². The van der Waals surface area contributed by atoms with E-state index in [2.05, 4.69) is 9.97 Å². The largest absolute Gasteiger partial charge is 0.300 e. The molecule has 102 valence electrons. The molecule has 7 heteroatoms. The van der Waals surface area contributed by atoms with Crippen LogP contribution in [0.1, 0.15) is 12.5 Å². The van der Waals surface area contributed by atoms with Gasteiger partial charge in [0.05, 0.1) is 15.7 Å². The first-order valence-corrected chi connectivity index (χ1v) is 7.43. The summed E-state index contributed by atoms with van der Waals surface area (Å²) in [5.41, 5.74) is 0.397. The molecule has 0 amide bonds. The molecule has 0 unspecified atom stereocenters. The summed E-state index contributed by atoms with van der Waals surface area (Å²) in [5.74, 6) is 0.760. The van der Waals surface area contributed by atoms with Crippen molar-refractivity contribution in [2.45, 2.75) is 12.1 Å². The first-order chi connectivity index (χ1) is 9.56. The van der Waals surface area contributed by atoms with E-state index in [0.717, 1.165) is 5.75 Å². The smallest absolute Gasteiger partial charge is 0.270 e. The maximum atomic E-state index is 11.9. The monoisotopic (exact) mass is 325 g/mol. The average Bonchev–Trinajstić information content (AvgIpc) is 2.41. The molecule has 0 saturated heterocycles. The normalized spacial score (nSPS) is 10.3. The number of H-pyrrole nitrogens is 1. The summed E-state index contributed by atoms with van der Waals surface area (Å²) in [6, 6.07) is 6.75. The Kier molecular flexibility index (Phi) is 4.71. The SMILES string of the molecule is CCSc1nc(-c2ccc(Cl)c(Cl)c2)c(C#N)c(=O)[nH]1. The van der Waals surface area contributed by atoms with Gasteiger partial charge in [-0.05, 0) is 17.9 Å². The molecular weight excluding hydrogens is 317 g/mol. The van der Waals surface area contributed by atoms with Crippen LogP contribution in [-0.2, 0) is 0 Å². The van der Waals surface area contributed by atoms with Gasteiger partial charge >= 0.3 is 0 Å². The second-order valence-corrected chi connectivity index (χ2v) is 5.84. The Balaban J connectivity index is 2.67. The lowest BCUT2D eigenvalue weighted by Gasteiger charge is -2.06. The van der Waals surface area contributed by atoms with Crippen molar-refractivity contribution in [1.82, 2.24) is 9.97 Å². The number of halogens is 2. The quantitative estimate of drug-likeness (QED) is 0.689. The maximum Gasteiger partial charge on any atom is 0.270 e. The van der Waals surface area contributed by atoms with Crippen molar-refractivity contribution in [3.8, 4) is 17.3 Å². The van der Waals surface area contributed by atoms with Gasteiger partial charge in [0.2, 0.25) is 0 Å². The van der Waals surface area contributed by atoms with Crippen LogP contribution in [-0.4, -0.2) is 15.7 Å². The highest BCUT2D eigenvalue weighted by atomic mass is 35.5. The van der Waals surface area contributed by atoms with Gasteiger partial charge in [-0.3, -0.25) is 4.79 Å². The van der Waals surface area contributed by atoms with Gasteiger partial charge < -0.3 is 4.98 Å². The number of nitrogens with zero attached hydrogens (tertiary/aromatic N) is 2. The van der Waals surface area contributed by atoms with Crippen molar-refractivity contribution >= 4 is 35.0 Å². The molecule has 2 rings (SSSR count). The molecule has 1 aromatic carbocycles. The van der Waals surface area contributed by atoms with E-state index in [9.17, 15) is 4.79 Å². The van der Waals surface area contributed by atoms with Gasteiger partial charge in [0.15, 0.2) is 5.16 Å². The zero-order valence-electron chi connectivity index (χ0n) is 10.4. The van der Waals surface area contributed by atoms with E-state index in [1.54, 1.807) is 18.2 Å². The molecule has 0 saturated carbocycles. The molecule has 0 spiro atoms. The van der Waals surface area contributed by atoms with Crippen molar-refractivity contribution < 1.29 is 0 Å². The molecule has 1 N–H and O–H groups in total. The minimum absolute atomic E-state index is 0.0381. The lowest BCUT2D eigenvalue weighted by Crippen LogP contribution is -2.14. The number of aromatic amines is 1. The van der Waals surface area contributed by atoms with Crippen molar-refractivity contribution in [2.24, 2.45) is 0 Å². The van der Waals surface area contributed by atoms with Gasteiger partial charge in [0, 0.05) is 5.56 Å². The first-order valence-electron chi connectivity index (χ1n) is 5.69. The van der Waals surface area contributed by atoms with Crippen LogP contribution in [0.5, 0.6) is 0 Å². The minimum atomic E-state index is -0.459. The minimum Gasteiger partial charge on any atom is -0.300 e. The molecule has 0 bridgehead atoms. The molecular formula is C13H9Cl2N3OS. The summed E-state index contributed by atoms with van der Waals surface area (Å²) in [6.07, 6.45) is 0. The van der Waals surface area contributed by atoms with E-state index < -0.39 is 5.56 Å². The van der Waals surface area contributed by atoms with Crippen molar-refractivity contribution in [1.29, 1.82) is 5.26 Å². The third-order valence-electron chi connectivity index (χ3n) is 2.48. The molecule has 4 nitrogen and oxygen atoms in total. The molecule has 0 atom stereocenters. The predicted molar refractivity (Wildman–Crippen MR) is 81.4 cm³/mol. The first kappa shape index (κ1) is 14.9. The Morgan fingerprint density at radius 2 is 2.15 bits per heavy atom. The fourth-order valence-electron chi connectivity index (χ4n) is 1.61. The number of hydrogen-bond donors (Lipinski definition) is 1. The zero-order valence-corrected chi connectivity index (χ0v) is 12.7. The highest BCUT2D eigenvalue weighted by molar-refractivity contribution is 7.99. The van der Waals surface area contributed by atoms with Crippen LogP contribution in [0.15, 0.2) is 28.2 Å². The van der Waals surface area contributed by atoms with E-state index in [1.165, 1.54) is 11.8 Å². The molecule has 1 heterocycles. The van der Waals surface area contributed by atoms with Gasteiger partial charge in [0.25, 0.3) is 5.56 Å². The molecule has 0 fully saturated rings. The van der Waals surface area contributed by atoms with E-state index in [-0.39, 0.29) is 5.56 Å². The van der Waals surface area contributed by atoms with Gasteiger partial charge in [0.1, 0.15) is 11.6 Å². The maximum absolute atomic E-state index is 11.9. The molecule has 0 aliphatic carbocycles. The Bertz CT molecular complexity index is 752. The summed E-state index contributed by atoms with van der Waals surface area (Å²) in [6.45, 7) is 1.95. The van der Waals surface area contributed by atoms with Crippen LogP contribution >= 0.6 is 35.0 Å². The van der Waals surface area contributed by atoms with E-state index in [1.807, 2.05) is 13.0 Å². The van der Waals surface area contributed by atoms with Crippen molar-refractivity contribution in [2.75, 3.05) is 5.75 Å². The van der Waals surface area contributed by atoms with Crippen LogP contribution in [0.3, 0.4) is 0 Å². The van der Waals surface area contributed by atoms with Gasteiger partial charge in [-0.15, -0.1) is 0 Å². The van der Waals surface area contributed by atoms with Crippen LogP contribution in [0.25, 0.3) is 11.3 Å². The lowest BCUT2D eigenvalue weighted by atomic mass is 10.1. The topological polar surface area (TPSA) is 69.5 Å². The fraction of sp³-hybridized carbons (Fsp3) is 0.154. The summed E-state index contributed by atoms with van der Waals surface area (Å²) in [5, 5.41) is 10.4. The number of nitriles is 1. The Morgan fingerprint density at radius 3 is 2.75 bits per heavy atom. The van der Waals surface area contributed by atoms with Gasteiger partial charge in [-0.25, -0.2) is 4.98 Å². The van der Waals surface area contributed by atoms with Gasteiger partial charge in [-0.2, -0.15) is 5.26 Å². The number of hydrogen-bond acceptors (Lipinski definition) is 4. The Hall–Kier alpha value is -1.48. The van der Waals surface area contributed by atoms with Crippen LogP contribution in [0.2, 0.25) is 10.0 Å². The second-order valence-electron chi connectivity index (χ2n) is 3.77. The highest BCUT2D eigenvalue weighted by Crippen LogP contribution is 2.29. The summed E-state index contributed by atoms with van der Waals surface area (Å²) >= 11 is 13.2. The number of thioether (sulfide) groups is 1. The highest BCUT2D eigenvalue weighted by Gasteiger charge is 2.14. The predicted octanol–water partition coefficient (Wildman–Crippen LogP) is 3.73. The molecule has 0 aliphatic heterocycles. The third kappa shape index (κ3) is 2.98. The summed E-state index contributed by atoms with van der Waals surface area (Å²) < 4.78 is 0. The Morgan fingerprint density at radius 1 is 1.40 bits per heavy atom. The summed E-state index contributed by atoms with van der Waals surface area (Å²) in [7, 11) is 0. The van der Waals surface area contributed by atoms with Crippen molar-refractivity contribution in [3.63, 3.8) is 0 Å². The summed E-state index contributed by atoms with van der Waals surface area (Å²) in [4.78, 5) is 18.8. The zero-order chi connectivity index (χ0) is 14.7. The van der Waals surface area contributed by atoms with E-state index >= 15 is 0 Å². The molecule has 20 heavy (non-hydrogen) atoms. The second kappa shape index (κ2) is 6.31. The van der Waals surface area contributed by atoms with Crippen LogP contribution in [0, 0.1) is 11.3 Å². The number of aromatic nitrogens is 2. The van der Waals surface area contributed by atoms with Crippen LogP contribution in [0.4, 0.5) is 0 Å². The number of nitrogens with one attached hydrogen (secondary N) is 1.